The first-order valence-corrected chi connectivity index (χ1v) is 8.54. The van der Waals surface area contributed by atoms with E-state index >= 15 is 0 Å². The maximum atomic E-state index is 12.6. The van der Waals surface area contributed by atoms with Crippen LogP contribution in [0.1, 0.15) is 36.4 Å². The Kier molecular flexibility index (Phi) is 5.86. The lowest BCUT2D eigenvalue weighted by atomic mass is 9.85. The molecule has 0 unspecified atom stereocenters. The summed E-state index contributed by atoms with van der Waals surface area (Å²) in [6.45, 7) is 5.00. The van der Waals surface area contributed by atoms with Crippen LogP contribution in [0.25, 0.3) is 0 Å². The van der Waals surface area contributed by atoms with Crippen LogP contribution in [0.3, 0.4) is 0 Å². The molecule has 1 heterocycles. The Hall–Kier alpha value is -2.84. The van der Waals surface area contributed by atoms with Gasteiger partial charge in [-0.3, -0.25) is 14.3 Å². The number of aliphatic carboxylic acids is 1. The van der Waals surface area contributed by atoms with E-state index in [0.717, 1.165) is 4.68 Å². The topological polar surface area (TPSA) is 84.2 Å². The second-order valence-corrected chi connectivity index (χ2v) is 7.15. The minimum atomic E-state index is -4.39. The normalized spacial score (nSPS) is 12.1. The molecule has 0 spiro atoms. The van der Waals surface area contributed by atoms with Crippen LogP contribution in [0.2, 0.25) is 0 Å². The van der Waals surface area contributed by atoms with Gasteiger partial charge in [0, 0.05) is 16.9 Å². The predicted octanol–water partition coefficient (Wildman–Crippen LogP) is 3.61. The monoisotopic (exact) mass is 397 g/mol. The number of anilines is 1. The van der Waals surface area contributed by atoms with Crippen LogP contribution < -0.4 is 5.32 Å². The van der Waals surface area contributed by atoms with Crippen LogP contribution in [0, 0.1) is 13.8 Å². The summed E-state index contributed by atoms with van der Waals surface area (Å²) in [7, 11) is 0. The van der Waals surface area contributed by atoms with Gasteiger partial charge in [0.05, 0.1) is 17.5 Å². The molecule has 0 radical (unpaired) electrons. The minimum absolute atomic E-state index is 0.113. The van der Waals surface area contributed by atoms with E-state index in [2.05, 4.69) is 10.4 Å². The van der Waals surface area contributed by atoms with E-state index in [1.807, 2.05) is 0 Å². The fourth-order valence-corrected chi connectivity index (χ4v) is 2.77. The maximum Gasteiger partial charge on any atom is 0.408 e. The number of alkyl halides is 3. The summed E-state index contributed by atoms with van der Waals surface area (Å²) in [4.78, 5) is 23.6. The van der Waals surface area contributed by atoms with Crippen molar-refractivity contribution in [1.29, 1.82) is 0 Å². The summed E-state index contributed by atoms with van der Waals surface area (Å²) in [5.41, 5.74) is 1.10. The van der Waals surface area contributed by atoms with Crippen LogP contribution in [0.5, 0.6) is 0 Å². The lowest BCUT2D eigenvalue weighted by Crippen LogP contribution is -2.28. The molecule has 0 aliphatic carbocycles. The van der Waals surface area contributed by atoms with Gasteiger partial charge in [-0.2, -0.15) is 18.3 Å². The number of rotatable bonds is 6. The third-order valence-corrected chi connectivity index (χ3v) is 4.62. The molecule has 0 aliphatic heterocycles. The Balaban J connectivity index is 2.10. The van der Waals surface area contributed by atoms with Gasteiger partial charge in [0.2, 0.25) is 5.91 Å². The van der Waals surface area contributed by atoms with Gasteiger partial charge in [0.15, 0.2) is 0 Å². The molecule has 28 heavy (non-hydrogen) atoms. The van der Waals surface area contributed by atoms with Crippen molar-refractivity contribution in [1.82, 2.24) is 9.78 Å². The second kappa shape index (κ2) is 7.65. The summed E-state index contributed by atoms with van der Waals surface area (Å²) in [5, 5.41) is 15.8. The zero-order chi connectivity index (χ0) is 21.3. The smallest absolute Gasteiger partial charge is 0.408 e. The van der Waals surface area contributed by atoms with E-state index in [4.69, 9.17) is 0 Å². The highest BCUT2D eigenvalue weighted by Gasteiger charge is 2.31. The highest BCUT2D eigenvalue weighted by atomic mass is 19.4. The Morgan fingerprint density at radius 3 is 2.21 bits per heavy atom. The van der Waals surface area contributed by atoms with Crippen molar-refractivity contribution in [3.05, 3.63) is 46.8 Å². The fraction of sp³-hybridized carbons (Fsp3) is 0.421. The van der Waals surface area contributed by atoms with E-state index in [-0.39, 0.29) is 6.42 Å². The average Bonchev–Trinajstić information content (AvgIpc) is 2.81. The number of carboxylic acids is 1. The Morgan fingerprint density at radius 1 is 1.14 bits per heavy atom. The van der Waals surface area contributed by atoms with E-state index in [0.29, 0.717) is 28.2 Å². The van der Waals surface area contributed by atoms with Crippen molar-refractivity contribution in [2.45, 2.75) is 52.3 Å². The largest absolute Gasteiger partial charge is 0.481 e. The summed E-state index contributed by atoms with van der Waals surface area (Å²) in [6.07, 6.45) is -4.51. The number of carbonyl (C=O) groups is 2. The Bertz CT molecular complexity index is 884. The van der Waals surface area contributed by atoms with Crippen molar-refractivity contribution in [3.63, 3.8) is 0 Å². The predicted molar refractivity (Wildman–Crippen MR) is 97.2 cm³/mol. The molecule has 6 nitrogen and oxygen atoms in total. The molecule has 0 aliphatic rings. The lowest BCUT2D eigenvalue weighted by Gasteiger charge is -2.19. The molecule has 0 bridgehead atoms. The maximum absolute atomic E-state index is 12.6. The number of amides is 1. The number of aryl methyl sites for hydroxylation is 1. The van der Waals surface area contributed by atoms with Gasteiger partial charge in [-0.15, -0.1) is 0 Å². The molecule has 1 aromatic heterocycles. The molecule has 0 saturated carbocycles. The van der Waals surface area contributed by atoms with E-state index in [1.165, 1.54) is 6.92 Å². The summed E-state index contributed by atoms with van der Waals surface area (Å²) >= 11 is 0. The molecule has 1 aromatic carbocycles. The van der Waals surface area contributed by atoms with Gasteiger partial charge >= 0.3 is 12.1 Å². The highest BCUT2D eigenvalue weighted by molar-refractivity contribution is 5.92. The summed E-state index contributed by atoms with van der Waals surface area (Å²) in [5.74, 6) is -1.37. The Labute approximate surface area is 160 Å². The standard InChI is InChI=1S/C19H22F3N3O3/c1-11-15(12(2)25(24-11)10-19(20,21)22)9-16(26)23-14-7-5-13(6-8-14)18(3,4)17(27)28/h5-8H,9-10H2,1-4H3,(H,23,26)(H,27,28). The quantitative estimate of drug-likeness (QED) is 0.780. The van der Waals surface area contributed by atoms with Crippen molar-refractivity contribution in [2.24, 2.45) is 0 Å². The lowest BCUT2D eigenvalue weighted by molar-refractivity contribution is -0.143. The van der Waals surface area contributed by atoms with Crippen LogP contribution >= 0.6 is 0 Å². The molecule has 0 fully saturated rings. The van der Waals surface area contributed by atoms with Gasteiger partial charge in [-0.05, 0) is 45.4 Å². The molecule has 2 N–H and O–H groups in total. The number of aromatic nitrogens is 2. The molecule has 2 aromatic rings. The van der Waals surface area contributed by atoms with E-state index in [9.17, 15) is 27.9 Å². The minimum Gasteiger partial charge on any atom is -0.481 e. The van der Waals surface area contributed by atoms with Gasteiger partial charge in [0.25, 0.3) is 0 Å². The van der Waals surface area contributed by atoms with Crippen LogP contribution in [0.15, 0.2) is 24.3 Å². The zero-order valence-electron chi connectivity index (χ0n) is 16.0. The van der Waals surface area contributed by atoms with Crippen molar-refractivity contribution < 1.29 is 27.9 Å². The first-order valence-electron chi connectivity index (χ1n) is 8.54. The first kappa shape index (κ1) is 21.5. The number of carbonyl (C=O) groups excluding carboxylic acids is 1. The molecular weight excluding hydrogens is 375 g/mol. The van der Waals surface area contributed by atoms with Crippen LogP contribution in [0.4, 0.5) is 18.9 Å². The molecular formula is C19H22F3N3O3. The zero-order valence-corrected chi connectivity index (χ0v) is 16.0. The SMILES string of the molecule is Cc1nn(CC(F)(F)F)c(C)c1CC(=O)Nc1ccc(C(C)(C)C(=O)O)cc1. The number of hydrogen-bond donors (Lipinski definition) is 2. The van der Waals surface area contributed by atoms with Gasteiger partial charge in [0.1, 0.15) is 6.54 Å². The fourth-order valence-electron chi connectivity index (χ4n) is 2.77. The molecule has 9 heteroatoms. The summed E-state index contributed by atoms with van der Waals surface area (Å²) in [6, 6.07) is 6.40. The first-order chi connectivity index (χ1) is 12.8. The van der Waals surface area contributed by atoms with Gasteiger partial charge < -0.3 is 10.4 Å². The van der Waals surface area contributed by atoms with Crippen molar-refractivity contribution in [3.8, 4) is 0 Å². The molecule has 152 valence electrons. The second-order valence-electron chi connectivity index (χ2n) is 7.15. The molecule has 2 rings (SSSR count). The number of benzene rings is 1. The average molecular weight is 397 g/mol. The van der Waals surface area contributed by atoms with E-state index in [1.54, 1.807) is 45.0 Å². The van der Waals surface area contributed by atoms with Gasteiger partial charge in [-0.1, -0.05) is 12.1 Å². The number of carboxylic acid groups (broad SMARTS) is 1. The third-order valence-electron chi connectivity index (χ3n) is 4.62. The van der Waals surface area contributed by atoms with Crippen LogP contribution in [-0.4, -0.2) is 32.9 Å². The van der Waals surface area contributed by atoms with E-state index < -0.39 is 30.0 Å². The van der Waals surface area contributed by atoms with Gasteiger partial charge in [-0.25, -0.2) is 0 Å². The van der Waals surface area contributed by atoms with Crippen molar-refractivity contribution >= 4 is 17.6 Å². The van der Waals surface area contributed by atoms with Crippen molar-refractivity contribution in [2.75, 3.05) is 5.32 Å². The number of halogens is 3. The summed E-state index contributed by atoms with van der Waals surface area (Å²) < 4.78 is 38.7. The highest BCUT2D eigenvalue weighted by Crippen LogP contribution is 2.25. The number of hydrogen-bond acceptors (Lipinski definition) is 3. The van der Waals surface area contributed by atoms with Crippen LogP contribution in [-0.2, 0) is 28.0 Å². The molecule has 0 saturated heterocycles. The molecule has 0 atom stereocenters. The number of nitrogens with zero attached hydrogens (tertiary/aromatic N) is 2. The third kappa shape index (κ3) is 4.90. The molecule has 1 amide bonds. The number of nitrogens with one attached hydrogen (secondary N) is 1. The Morgan fingerprint density at radius 2 is 1.71 bits per heavy atom.